The number of carbonyl (C=O) groups excluding carboxylic acids is 1. The van der Waals surface area contributed by atoms with Gasteiger partial charge in [0, 0.05) is 32.0 Å². The molecule has 1 fully saturated rings. The lowest BCUT2D eigenvalue weighted by atomic mass is 9.80. The van der Waals surface area contributed by atoms with Crippen LogP contribution >= 0.6 is 0 Å². The number of likely N-dealkylation sites (tertiary alicyclic amines) is 1. The summed E-state index contributed by atoms with van der Waals surface area (Å²) >= 11 is 0. The molecule has 0 bridgehead atoms. The molecule has 1 amide bonds. The van der Waals surface area contributed by atoms with Crippen LogP contribution in [0.15, 0.2) is 12.1 Å². The van der Waals surface area contributed by atoms with E-state index in [1.807, 2.05) is 0 Å². The summed E-state index contributed by atoms with van der Waals surface area (Å²) in [6.07, 6.45) is -0.255. The molecule has 2 unspecified atom stereocenters. The predicted octanol–water partition coefficient (Wildman–Crippen LogP) is 1.75. The Kier molecular flexibility index (Phi) is 3.69. The fourth-order valence-electron chi connectivity index (χ4n) is 2.41. The van der Waals surface area contributed by atoms with E-state index in [9.17, 15) is 22.8 Å². The van der Waals surface area contributed by atoms with E-state index in [0.717, 1.165) is 0 Å². The first kappa shape index (κ1) is 14.4. The molecule has 20 heavy (non-hydrogen) atoms. The first-order valence-corrected chi connectivity index (χ1v) is 5.92. The van der Waals surface area contributed by atoms with Gasteiger partial charge in [0.15, 0.2) is 11.6 Å². The molecule has 0 saturated carbocycles. The van der Waals surface area contributed by atoms with Crippen LogP contribution < -0.4 is 0 Å². The van der Waals surface area contributed by atoms with Crippen LogP contribution in [0.3, 0.4) is 0 Å². The van der Waals surface area contributed by atoms with Crippen LogP contribution in [0.1, 0.15) is 17.9 Å². The number of hydrogen-bond acceptors (Lipinski definition) is 2. The molecular formula is C13H12F3NO3. The van der Waals surface area contributed by atoms with Gasteiger partial charge in [-0.1, -0.05) is 0 Å². The molecule has 1 aromatic carbocycles. The third-order valence-corrected chi connectivity index (χ3v) is 3.53. The van der Waals surface area contributed by atoms with Gasteiger partial charge in [-0.25, -0.2) is 13.2 Å². The van der Waals surface area contributed by atoms with Crippen LogP contribution in [0.5, 0.6) is 0 Å². The highest BCUT2D eigenvalue weighted by Gasteiger charge is 2.39. The smallest absolute Gasteiger partial charge is 0.308 e. The van der Waals surface area contributed by atoms with Gasteiger partial charge >= 0.3 is 5.97 Å². The second-order valence-electron chi connectivity index (χ2n) is 4.82. The summed E-state index contributed by atoms with van der Waals surface area (Å²) in [5.74, 6) is -7.30. The van der Waals surface area contributed by atoms with E-state index in [2.05, 4.69) is 0 Å². The number of hydrogen-bond donors (Lipinski definition) is 1. The van der Waals surface area contributed by atoms with Crippen molar-refractivity contribution < 1.29 is 27.9 Å². The van der Waals surface area contributed by atoms with Gasteiger partial charge in [-0.3, -0.25) is 9.59 Å². The Hall–Kier alpha value is -2.05. The van der Waals surface area contributed by atoms with Crippen molar-refractivity contribution in [2.24, 2.45) is 5.92 Å². The summed E-state index contributed by atoms with van der Waals surface area (Å²) in [5, 5.41) is 9.16. The Morgan fingerprint density at radius 3 is 2.45 bits per heavy atom. The normalized spacial score (nSPS) is 23.0. The van der Waals surface area contributed by atoms with E-state index >= 15 is 0 Å². The topological polar surface area (TPSA) is 57.6 Å². The lowest BCUT2D eigenvalue weighted by Gasteiger charge is -2.34. The van der Waals surface area contributed by atoms with Crippen LogP contribution in [-0.2, 0) is 9.59 Å². The van der Waals surface area contributed by atoms with Gasteiger partial charge in [0.25, 0.3) is 0 Å². The lowest BCUT2D eigenvalue weighted by Crippen LogP contribution is -2.44. The van der Waals surface area contributed by atoms with Crippen molar-refractivity contribution in [3.8, 4) is 0 Å². The molecule has 0 spiro atoms. The molecule has 1 aliphatic heterocycles. The molecule has 7 heteroatoms. The fraction of sp³-hybridized carbons (Fsp3) is 0.385. The summed E-state index contributed by atoms with van der Waals surface area (Å²) in [5.41, 5.74) is -0.280. The number of amides is 1. The second-order valence-corrected chi connectivity index (χ2v) is 4.82. The molecule has 0 aliphatic carbocycles. The first-order chi connectivity index (χ1) is 9.31. The minimum absolute atomic E-state index is 0.0999. The number of piperidine rings is 1. The van der Waals surface area contributed by atoms with E-state index in [0.29, 0.717) is 12.1 Å². The number of carbonyl (C=O) groups is 2. The van der Waals surface area contributed by atoms with E-state index in [1.165, 1.54) is 11.9 Å². The molecule has 1 saturated heterocycles. The van der Waals surface area contributed by atoms with Gasteiger partial charge in [0.05, 0.1) is 5.92 Å². The Morgan fingerprint density at radius 1 is 1.25 bits per heavy atom. The molecule has 1 heterocycles. The van der Waals surface area contributed by atoms with Gasteiger partial charge in [0.2, 0.25) is 5.91 Å². The number of rotatable bonds is 2. The fourth-order valence-corrected chi connectivity index (χ4v) is 2.41. The van der Waals surface area contributed by atoms with Crippen LogP contribution in [-0.4, -0.2) is 35.5 Å². The third kappa shape index (κ3) is 2.48. The maximum absolute atomic E-state index is 13.8. The monoisotopic (exact) mass is 287 g/mol. The summed E-state index contributed by atoms with van der Waals surface area (Å²) in [6, 6.07) is 0.996. The number of carboxylic acids is 1. The number of benzene rings is 1. The quantitative estimate of drug-likeness (QED) is 0.843. The van der Waals surface area contributed by atoms with Crippen molar-refractivity contribution in [2.75, 3.05) is 13.6 Å². The zero-order valence-corrected chi connectivity index (χ0v) is 10.6. The van der Waals surface area contributed by atoms with Gasteiger partial charge in [-0.15, -0.1) is 0 Å². The van der Waals surface area contributed by atoms with Gasteiger partial charge in [0.1, 0.15) is 5.82 Å². The van der Waals surface area contributed by atoms with Crippen molar-refractivity contribution in [3.05, 3.63) is 35.1 Å². The van der Waals surface area contributed by atoms with Crippen molar-refractivity contribution in [3.63, 3.8) is 0 Å². The Labute approximate surface area is 112 Å². The highest BCUT2D eigenvalue weighted by atomic mass is 19.2. The number of halogens is 3. The minimum atomic E-state index is -1.35. The van der Waals surface area contributed by atoms with Crippen LogP contribution in [0.2, 0.25) is 0 Å². The minimum Gasteiger partial charge on any atom is -0.481 e. The van der Waals surface area contributed by atoms with Gasteiger partial charge < -0.3 is 10.0 Å². The largest absolute Gasteiger partial charge is 0.481 e. The molecule has 1 N–H and O–H groups in total. The van der Waals surface area contributed by atoms with Crippen LogP contribution in [0.25, 0.3) is 0 Å². The standard InChI is InChI=1S/C13H12F3NO3/c1-17-5-8(13(19)20)6(3-12(17)18)7-2-10(15)11(16)4-9(7)14/h2,4,6,8H,3,5H2,1H3,(H,19,20). The molecule has 1 aliphatic rings. The molecule has 108 valence electrons. The van der Waals surface area contributed by atoms with Crippen molar-refractivity contribution in [1.29, 1.82) is 0 Å². The van der Waals surface area contributed by atoms with Crippen LogP contribution in [0, 0.1) is 23.4 Å². The average Bonchev–Trinajstić information content (AvgIpc) is 2.36. The molecule has 0 radical (unpaired) electrons. The number of aliphatic carboxylic acids is 1. The zero-order chi connectivity index (χ0) is 15.0. The van der Waals surface area contributed by atoms with Gasteiger partial charge in [-0.05, 0) is 11.6 Å². The Morgan fingerprint density at radius 2 is 1.85 bits per heavy atom. The summed E-state index contributed by atoms with van der Waals surface area (Å²) in [7, 11) is 1.44. The van der Waals surface area contributed by atoms with Gasteiger partial charge in [-0.2, -0.15) is 0 Å². The average molecular weight is 287 g/mol. The summed E-state index contributed by atoms with van der Waals surface area (Å²) in [6.45, 7) is -0.0999. The Bertz CT molecular complexity index is 576. The molecule has 2 atom stereocenters. The van der Waals surface area contributed by atoms with E-state index < -0.39 is 35.3 Å². The first-order valence-electron chi connectivity index (χ1n) is 5.92. The Balaban J connectivity index is 2.45. The molecule has 4 nitrogen and oxygen atoms in total. The van der Waals surface area contributed by atoms with E-state index in [-0.39, 0.29) is 24.4 Å². The summed E-state index contributed by atoms with van der Waals surface area (Å²) < 4.78 is 39.9. The highest BCUT2D eigenvalue weighted by molar-refractivity contribution is 5.82. The molecular weight excluding hydrogens is 275 g/mol. The lowest BCUT2D eigenvalue weighted by molar-refractivity contribution is -0.147. The van der Waals surface area contributed by atoms with Crippen LogP contribution in [0.4, 0.5) is 13.2 Å². The molecule has 0 aromatic heterocycles. The summed E-state index contributed by atoms with van der Waals surface area (Å²) in [4.78, 5) is 24.1. The SMILES string of the molecule is CN1CC(C(=O)O)C(c2cc(F)c(F)cc2F)CC1=O. The number of carboxylic acid groups (broad SMARTS) is 1. The second kappa shape index (κ2) is 5.15. The van der Waals surface area contributed by atoms with E-state index in [4.69, 9.17) is 5.11 Å². The van der Waals surface area contributed by atoms with E-state index in [1.54, 1.807) is 0 Å². The highest BCUT2D eigenvalue weighted by Crippen LogP contribution is 2.35. The predicted molar refractivity (Wildman–Crippen MR) is 62.4 cm³/mol. The zero-order valence-electron chi connectivity index (χ0n) is 10.6. The van der Waals surface area contributed by atoms with Crippen molar-refractivity contribution in [1.82, 2.24) is 4.90 Å². The maximum Gasteiger partial charge on any atom is 0.308 e. The molecule has 1 aromatic rings. The third-order valence-electron chi connectivity index (χ3n) is 3.53. The number of nitrogens with zero attached hydrogens (tertiary/aromatic N) is 1. The van der Waals surface area contributed by atoms with Crippen molar-refractivity contribution in [2.45, 2.75) is 12.3 Å². The van der Waals surface area contributed by atoms with Crippen molar-refractivity contribution >= 4 is 11.9 Å². The maximum atomic E-state index is 13.8. The molecule has 2 rings (SSSR count).